The molecule has 3 N–H and O–H groups in total. The number of halogens is 1. The maximum absolute atomic E-state index is 13.2. The van der Waals surface area contributed by atoms with Crippen LogP contribution in [0, 0.1) is 25.1 Å². The highest BCUT2D eigenvalue weighted by molar-refractivity contribution is 7.22. The summed E-state index contributed by atoms with van der Waals surface area (Å²) in [6.45, 7) is 10.2. The molecule has 36 heavy (non-hydrogen) atoms. The number of ether oxygens (including phenoxy) is 1. The van der Waals surface area contributed by atoms with Crippen molar-refractivity contribution in [3.8, 4) is 5.75 Å². The van der Waals surface area contributed by atoms with E-state index in [2.05, 4.69) is 15.6 Å². The third kappa shape index (κ3) is 7.30. The van der Waals surface area contributed by atoms with Gasteiger partial charge in [-0.25, -0.2) is 19.0 Å². The van der Waals surface area contributed by atoms with Crippen molar-refractivity contribution in [1.82, 2.24) is 15.2 Å². The number of aromatic hydroxyl groups is 1. The van der Waals surface area contributed by atoms with E-state index in [1.54, 1.807) is 7.05 Å². The molecule has 0 bridgehead atoms. The van der Waals surface area contributed by atoms with Crippen LogP contribution in [-0.4, -0.2) is 46.8 Å². The summed E-state index contributed by atoms with van der Waals surface area (Å²) in [4.78, 5) is 31.3. The third-order valence-electron chi connectivity index (χ3n) is 5.81. The molecule has 0 radical (unpaired) electrons. The summed E-state index contributed by atoms with van der Waals surface area (Å²) < 4.78 is 19.7. The number of anilines is 1. The number of amides is 3. The maximum Gasteiger partial charge on any atom is 0.413 e. The Morgan fingerprint density at radius 1 is 1.19 bits per heavy atom. The van der Waals surface area contributed by atoms with Crippen LogP contribution in [0.1, 0.15) is 43.9 Å². The zero-order chi connectivity index (χ0) is 26.6. The largest absolute Gasteiger partial charge is 0.507 e. The number of aryl methyl sites for hydroxylation is 2. The van der Waals surface area contributed by atoms with Crippen molar-refractivity contribution in [3.63, 3.8) is 0 Å². The lowest BCUT2D eigenvalue weighted by Crippen LogP contribution is -2.47. The van der Waals surface area contributed by atoms with E-state index in [9.17, 15) is 19.1 Å². The first-order valence-corrected chi connectivity index (χ1v) is 12.4. The minimum Gasteiger partial charge on any atom is -0.507 e. The van der Waals surface area contributed by atoms with Gasteiger partial charge in [-0.2, -0.15) is 0 Å². The molecular weight excluding hydrogens is 483 g/mol. The smallest absolute Gasteiger partial charge is 0.413 e. The molecule has 1 aromatic heterocycles. The van der Waals surface area contributed by atoms with Crippen LogP contribution in [0.25, 0.3) is 10.2 Å². The Kier molecular flexibility index (Phi) is 8.39. The number of fused-ring (bicyclic) bond motifs is 1. The van der Waals surface area contributed by atoms with E-state index in [0.29, 0.717) is 17.1 Å². The van der Waals surface area contributed by atoms with Gasteiger partial charge < -0.3 is 20.1 Å². The summed E-state index contributed by atoms with van der Waals surface area (Å²) in [5, 5.41) is 15.7. The number of nitrogens with one attached hydrogen (secondary N) is 2. The highest BCUT2D eigenvalue weighted by Crippen LogP contribution is 2.29. The molecule has 0 saturated carbocycles. The van der Waals surface area contributed by atoms with Gasteiger partial charge in [0.1, 0.15) is 18.2 Å². The maximum atomic E-state index is 13.2. The van der Waals surface area contributed by atoms with Gasteiger partial charge in [0.05, 0.1) is 16.3 Å². The van der Waals surface area contributed by atoms with Crippen LogP contribution in [-0.2, 0) is 11.3 Å². The summed E-state index contributed by atoms with van der Waals surface area (Å²) >= 11 is 1.37. The first-order chi connectivity index (χ1) is 16.8. The molecular formula is C26H33FN4O4S. The molecule has 1 heterocycles. The fourth-order valence-electron chi connectivity index (χ4n) is 3.69. The molecule has 0 aliphatic rings. The van der Waals surface area contributed by atoms with Gasteiger partial charge in [0.2, 0.25) is 0 Å². The molecule has 3 rings (SSSR count). The summed E-state index contributed by atoms with van der Waals surface area (Å²) in [6.07, 6.45) is -0.0717. The molecule has 0 aliphatic carbocycles. The molecule has 194 valence electrons. The first-order valence-electron chi connectivity index (χ1n) is 11.6. The number of hydrogen-bond donors (Lipinski definition) is 3. The molecule has 3 aromatic rings. The minimum atomic E-state index is -0.647. The number of hydrogen-bond acceptors (Lipinski definition) is 6. The van der Waals surface area contributed by atoms with E-state index >= 15 is 0 Å². The number of phenolic OH excluding ortho intramolecular Hbond substituents is 1. The van der Waals surface area contributed by atoms with E-state index in [4.69, 9.17) is 4.74 Å². The number of rotatable bonds is 7. The molecule has 0 spiro atoms. The Bertz CT molecular complexity index is 1220. The number of carbonyl (C=O) groups is 2. The number of benzene rings is 2. The molecule has 1 atom stereocenters. The van der Waals surface area contributed by atoms with Crippen LogP contribution >= 0.6 is 11.3 Å². The summed E-state index contributed by atoms with van der Waals surface area (Å²) in [5.41, 5.74) is 3.34. The lowest BCUT2D eigenvalue weighted by atomic mass is 9.88. The number of carbonyl (C=O) groups excluding carboxylic acids is 2. The molecule has 2 aromatic carbocycles. The van der Waals surface area contributed by atoms with E-state index in [0.717, 1.165) is 27.4 Å². The summed E-state index contributed by atoms with van der Waals surface area (Å²) in [6, 6.07) is 6.83. The number of likely N-dealkylation sites (N-methyl/N-ethyl adjacent to an activating group) is 1. The van der Waals surface area contributed by atoms with E-state index < -0.39 is 24.0 Å². The molecule has 0 fully saturated rings. The average Bonchev–Trinajstić information content (AvgIpc) is 3.15. The monoisotopic (exact) mass is 516 g/mol. The van der Waals surface area contributed by atoms with Crippen LogP contribution in [0.3, 0.4) is 0 Å². The Balaban J connectivity index is 1.61. The molecule has 10 heteroatoms. The Labute approximate surface area is 214 Å². The quantitative estimate of drug-likeness (QED) is 0.360. The second-order valence-electron chi connectivity index (χ2n) is 10.1. The van der Waals surface area contributed by atoms with Crippen LogP contribution in [0.15, 0.2) is 30.3 Å². The lowest BCUT2D eigenvalue weighted by Gasteiger charge is -2.32. The zero-order valence-electron chi connectivity index (χ0n) is 21.4. The second-order valence-corrected chi connectivity index (χ2v) is 11.1. The van der Waals surface area contributed by atoms with Crippen molar-refractivity contribution in [2.24, 2.45) is 5.41 Å². The summed E-state index contributed by atoms with van der Waals surface area (Å²) in [5.74, 6) is -0.791. The van der Waals surface area contributed by atoms with Gasteiger partial charge in [0, 0.05) is 25.2 Å². The fourth-order valence-corrected chi connectivity index (χ4v) is 4.62. The molecule has 0 aliphatic heterocycles. The predicted molar refractivity (Wildman–Crippen MR) is 140 cm³/mol. The van der Waals surface area contributed by atoms with Crippen molar-refractivity contribution in [2.45, 2.75) is 53.6 Å². The number of nitrogens with zero attached hydrogens (tertiary/aromatic N) is 2. The van der Waals surface area contributed by atoms with Crippen LogP contribution in [0.5, 0.6) is 5.75 Å². The third-order valence-corrected chi connectivity index (χ3v) is 6.75. The Morgan fingerprint density at radius 2 is 1.89 bits per heavy atom. The minimum absolute atomic E-state index is 0.0159. The molecule has 0 unspecified atom stereocenters. The molecule has 8 nitrogen and oxygen atoms in total. The van der Waals surface area contributed by atoms with Crippen molar-refractivity contribution in [3.05, 3.63) is 52.8 Å². The number of urea groups is 1. The van der Waals surface area contributed by atoms with Gasteiger partial charge in [-0.3, -0.25) is 5.32 Å². The Hall–Kier alpha value is -3.40. The van der Waals surface area contributed by atoms with Gasteiger partial charge in [0.25, 0.3) is 0 Å². The van der Waals surface area contributed by atoms with Gasteiger partial charge >= 0.3 is 12.1 Å². The second kappa shape index (κ2) is 11.1. The summed E-state index contributed by atoms with van der Waals surface area (Å²) in [7, 11) is 1.62. The lowest BCUT2D eigenvalue weighted by molar-refractivity contribution is 0.0985. The SMILES string of the molecule is Cc1cc2nc(NC(=O)OC[C@H](CC(C)(C)C)N(C)C(=O)NCc3ccc(F)cc3O)sc2cc1C. The number of thiazole rings is 1. The number of aromatic nitrogens is 1. The van der Waals surface area contributed by atoms with Crippen LogP contribution < -0.4 is 10.6 Å². The molecule has 3 amide bonds. The Morgan fingerprint density at radius 3 is 2.56 bits per heavy atom. The van der Waals surface area contributed by atoms with Crippen molar-refractivity contribution in [2.75, 3.05) is 19.0 Å². The fraction of sp³-hybridized carbons (Fsp3) is 0.423. The first kappa shape index (κ1) is 27.2. The zero-order valence-corrected chi connectivity index (χ0v) is 22.3. The normalized spacial score (nSPS) is 12.3. The highest BCUT2D eigenvalue weighted by atomic mass is 32.1. The van der Waals surface area contributed by atoms with Crippen LogP contribution in [0.2, 0.25) is 0 Å². The molecule has 0 saturated heterocycles. The van der Waals surface area contributed by atoms with Gasteiger partial charge in [-0.1, -0.05) is 38.2 Å². The van der Waals surface area contributed by atoms with E-state index in [-0.39, 0.29) is 24.3 Å². The highest BCUT2D eigenvalue weighted by Gasteiger charge is 2.27. The topological polar surface area (TPSA) is 104 Å². The van der Waals surface area contributed by atoms with Gasteiger partial charge in [-0.15, -0.1) is 0 Å². The van der Waals surface area contributed by atoms with Crippen molar-refractivity contribution < 1.29 is 23.8 Å². The van der Waals surface area contributed by atoms with Crippen LogP contribution in [0.4, 0.5) is 19.1 Å². The van der Waals surface area contributed by atoms with Crippen molar-refractivity contribution in [1.29, 1.82) is 0 Å². The van der Waals surface area contributed by atoms with Gasteiger partial charge in [-0.05, 0) is 55.0 Å². The van der Waals surface area contributed by atoms with E-state index in [1.165, 1.54) is 28.4 Å². The number of phenols is 1. The standard InChI is InChI=1S/C26H33FN4O4S/c1-15-9-20-22(10-16(15)2)36-23(29-20)30-25(34)35-14-19(12-26(3,4)5)31(6)24(33)28-13-17-7-8-18(27)11-21(17)32/h7-11,19,32H,12-14H2,1-6H3,(H,28,33)(H,29,30,34)/t19-/m0/s1. The van der Waals surface area contributed by atoms with Crippen molar-refractivity contribution >= 4 is 38.8 Å². The average molecular weight is 517 g/mol. The van der Waals surface area contributed by atoms with Gasteiger partial charge in [0.15, 0.2) is 5.13 Å². The predicted octanol–water partition coefficient (Wildman–Crippen LogP) is 5.95. The van der Waals surface area contributed by atoms with E-state index in [1.807, 2.05) is 46.8 Å².